The first-order valence-electron chi connectivity index (χ1n) is 8.38. The fourth-order valence-corrected chi connectivity index (χ4v) is 4.26. The molecule has 1 aromatic carbocycles. The largest absolute Gasteiger partial charge is 0.334 e. The van der Waals surface area contributed by atoms with Crippen molar-refractivity contribution in [1.82, 2.24) is 9.21 Å². The minimum absolute atomic E-state index is 0. The number of benzene rings is 1. The molecule has 1 amide bonds. The molecule has 25 heavy (non-hydrogen) atoms. The standard InChI is InChI=1S/C17H27N3O3S.ClH/c1-13(2)19(3)24(22,23)16-9-7-14(8-10-16)17(21)20-11-5-4-6-15(20)12-18;/h7-10,13,15H,4-6,11-12,18H2,1-3H3;1H. The maximum Gasteiger partial charge on any atom is 0.254 e. The molecule has 142 valence electrons. The first-order chi connectivity index (χ1) is 11.3. The van der Waals surface area contributed by atoms with E-state index in [9.17, 15) is 13.2 Å². The first kappa shape index (κ1) is 21.9. The molecule has 1 fully saturated rings. The molecule has 1 atom stereocenters. The molecule has 2 N–H and O–H groups in total. The van der Waals surface area contributed by atoms with Gasteiger partial charge in [-0.2, -0.15) is 4.31 Å². The van der Waals surface area contributed by atoms with E-state index in [4.69, 9.17) is 5.73 Å². The van der Waals surface area contributed by atoms with Gasteiger partial charge in [0.2, 0.25) is 10.0 Å². The molecular formula is C17H28ClN3O3S. The summed E-state index contributed by atoms with van der Waals surface area (Å²) < 4.78 is 26.3. The van der Waals surface area contributed by atoms with Crippen molar-refractivity contribution in [3.05, 3.63) is 29.8 Å². The maximum absolute atomic E-state index is 12.7. The smallest absolute Gasteiger partial charge is 0.254 e. The Bertz CT molecular complexity index is 677. The van der Waals surface area contributed by atoms with Crippen molar-refractivity contribution in [1.29, 1.82) is 0 Å². The van der Waals surface area contributed by atoms with Gasteiger partial charge in [0.1, 0.15) is 0 Å². The molecule has 1 heterocycles. The summed E-state index contributed by atoms with van der Waals surface area (Å²) >= 11 is 0. The fourth-order valence-electron chi connectivity index (χ4n) is 2.89. The van der Waals surface area contributed by atoms with Crippen molar-refractivity contribution >= 4 is 28.3 Å². The minimum atomic E-state index is -3.53. The monoisotopic (exact) mass is 389 g/mol. The Morgan fingerprint density at radius 2 is 1.88 bits per heavy atom. The number of hydrogen-bond donors (Lipinski definition) is 1. The van der Waals surface area contributed by atoms with Gasteiger partial charge in [-0.3, -0.25) is 4.79 Å². The Morgan fingerprint density at radius 3 is 2.40 bits per heavy atom. The molecule has 0 bridgehead atoms. The number of amides is 1. The molecule has 1 aliphatic heterocycles. The van der Waals surface area contributed by atoms with Crippen molar-refractivity contribution in [2.24, 2.45) is 5.73 Å². The number of piperidine rings is 1. The van der Waals surface area contributed by atoms with E-state index in [1.807, 2.05) is 18.7 Å². The molecule has 6 nitrogen and oxygen atoms in total. The highest BCUT2D eigenvalue weighted by molar-refractivity contribution is 7.89. The number of likely N-dealkylation sites (tertiary alicyclic amines) is 1. The van der Waals surface area contributed by atoms with Crippen LogP contribution in [0.2, 0.25) is 0 Å². The van der Waals surface area contributed by atoms with Gasteiger partial charge in [0.25, 0.3) is 5.91 Å². The number of hydrogen-bond acceptors (Lipinski definition) is 4. The van der Waals surface area contributed by atoms with Gasteiger partial charge in [-0.05, 0) is 57.4 Å². The summed E-state index contributed by atoms with van der Waals surface area (Å²) in [6.45, 7) is 4.80. The molecule has 1 aromatic rings. The lowest BCUT2D eigenvalue weighted by Gasteiger charge is -2.35. The third-order valence-electron chi connectivity index (χ3n) is 4.67. The molecule has 2 rings (SSSR count). The van der Waals surface area contributed by atoms with Crippen LogP contribution in [-0.2, 0) is 10.0 Å². The number of carbonyl (C=O) groups is 1. The summed E-state index contributed by atoms with van der Waals surface area (Å²) in [7, 11) is -1.98. The Morgan fingerprint density at radius 1 is 1.28 bits per heavy atom. The van der Waals surface area contributed by atoms with Crippen LogP contribution < -0.4 is 5.73 Å². The van der Waals surface area contributed by atoms with Gasteiger partial charge in [-0.15, -0.1) is 12.4 Å². The molecule has 0 radical (unpaired) electrons. The Balaban J connectivity index is 0.00000312. The average Bonchev–Trinajstić information content (AvgIpc) is 2.60. The third-order valence-corrected chi connectivity index (χ3v) is 6.71. The average molecular weight is 390 g/mol. The van der Waals surface area contributed by atoms with Gasteiger partial charge in [-0.1, -0.05) is 0 Å². The molecule has 8 heteroatoms. The first-order valence-corrected chi connectivity index (χ1v) is 9.82. The lowest BCUT2D eigenvalue weighted by Crippen LogP contribution is -2.47. The van der Waals surface area contributed by atoms with Gasteiger partial charge in [0.15, 0.2) is 0 Å². The maximum atomic E-state index is 12.7. The van der Waals surface area contributed by atoms with Gasteiger partial charge in [0.05, 0.1) is 4.90 Å². The molecule has 1 saturated heterocycles. The molecule has 1 unspecified atom stereocenters. The SMILES string of the molecule is CC(C)N(C)S(=O)(=O)c1ccc(C(=O)N2CCCCC2CN)cc1.Cl. The van der Waals surface area contributed by atoms with Crippen molar-refractivity contribution in [2.75, 3.05) is 20.1 Å². The lowest BCUT2D eigenvalue weighted by atomic mass is 10.0. The zero-order valence-electron chi connectivity index (χ0n) is 15.0. The third kappa shape index (κ3) is 4.73. The summed E-state index contributed by atoms with van der Waals surface area (Å²) in [6.07, 6.45) is 2.99. The predicted octanol–water partition coefficient (Wildman–Crippen LogP) is 2.09. The quantitative estimate of drug-likeness (QED) is 0.835. The van der Waals surface area contributed by atoms with E-state index >= 15 is 0 Å². The van der Waals surface area contributed by atoms with E-state index in [1.165, 1.54) is 16.4 Å². The normalized spacial score (nSPS) is 18.3. The Labute approximate surface area is 156 Å². The fraction of sp³-hybridized carbons (Fsp3) is 0.588. The van der Waals surface area contributed by atoms with E-state index in [-0.39, 0.29) is 35.3 Å². The number of sulfonamides is 1. The van der Waals surface area contributed by atoms with Crippen molar-refractivity contribution in [3.63, 3.8) is 0 Å². The highest BCUT2D eigenvalue weighted by Gasteiger charge is 2.27. The summed E-state index contributed by atoms with van der Waals surface area (Å²) in [5.41, 5.74) is 6.27. The van der Waals surface area contributed by atoms with Gasteiger partial charge < -0.3 is 10.6 Å². The Hall–Kier alpha value is -1.15. The lowest BCUT2D eigenvalue weighted by molar-refractivity contribution is 0.0623. The van der Waals surface area contributed by atoms with Gasteiger partial charge in [0, 0.05) is 37.8 Å². The number of carbonyl (C=O) groups excluding carboxylic acids is 1. The summed E-state index contributed by atoms with van der Waals surface area (Å²) in [6, 6.07) is 6.12. The van der Waals surface area contributed by atoms with E-state index < -0.39 is 10.0 Å². The van der Waals surface area contributed by atoms with Crippen LogP contribution in [0.25, 0.3) is 0 Å². The van der Waals surface area contributed by atoms with Gasteiger partial charge in [-0.25, -0.2) is 8.42 Å². The molecule has 1 aliphatic rings. The molecule has 0 saturated carbocycles. The Kier molecular flexibility index (Phi) is 7.87. The second-order valence-electron chi connectivity index (χ2n) is 6.52. The summed E-state index contributed by atoms with van der Waals surface area (Å²) in [5.74, 6) is -0.0775. The van der Waals surface area contributed by atoms with Crippen LogP contribution in [-0.4, -0.2) is 55.8 Å². The van der Waals surface area contributed by atoms with Crippen molar-refractivity contribution in [2.45, 2.75) is 50.1 Å². The van der Waals surface area contributed by atoms with E-state index in [1.54, 1.807) is 19.2 Å². The van der Waals surface area contributed by atoms with E-state index in [0.717, 1.165) is 19.3 Å². The molecule has 0 aliphatic carbocycles. The van der Waals surface area contributed by atoms with Crippen LogP contribution in [0.4, 0.5) is 0 Å². The number of nitrogens with two attached hydrogens (primary N) is 1. The highest BCUT2D eigenvalue weighted by atomic mass is 35.5. The number of rotatable bonds is 5. The second-order valence-corrected chi connectivity index (χ2v) is 8.52. The summed E-state index contributed by atoms with van der Waals surface area (Å²) in [5, 5.41) is 0. The van der Waals surface area contributed by atoms with E-state index in [0.29, 0.717) is 18.7 Å². The minimum Gasteiger partial charge on any atom is -0.334 e. The highest BCUT2D eigenvalue weighted by Crippen LogP contribution is 2.21. The van der Waals surface area contributed by atoms with Crippen LogP contribution in [0, 0.1) is 0 Å². The number of nitrogens with zero attached hydrogens (tertiary/aromatic N) is 2. The van der Waals surface area contributed by atoms with Crippen molar-refractivity contribution < 1.29 is 13.2 Å². The van der Waals surface area contributed by atoms with Crippen LogP contribution >= 0.6 is 12.4 Å². The molecular weight excluding hydrogens is 362 g/mol. The number of halogens is 1. The van der Waals surface area contributed by atoms with Crippen LogP contribution in [0.5, 0.6) is 0 Å². The topological polar surface area (TPSA) is 83.7 Å². The van der Waals surface area contributed by atoms with Crippen LogP contribution in [0.15, 0.2) is 29.2 Å². The van der Waals surface area contributed by atoms with Gasteiger partial charge >= 0.3 is 0 Å². The molecule has 0 aromatic heterocycles. The van der Waals surface area contributed by atoms with Crippen LogP contribution in [0.3, 0.4) is 0 Å². The second kappa shape index (κ2) is 8.98. The molecule has 0 spiro atoms. The zero-order chi connectivity index (χ0) is 17.9. The predicted molar refractivity (Wildman–Crippen MR) is 102 cm³/mol. The van der Waals surface area contributed by atoms with Crippen LogP contribution in [0.1, 0.15) is 43.5 Å². The summed E-state index contributed by atoms with van der Waals surface area (Å²) in [4.78, 5) is 14.7. The van der Waals surface area contributed by atoms with E-state index in [2.05, 4.69) is 0 Å². The van der Waals surface area contributed by atoms with Crippen molar-refractivity contribution in [3.8, 4) is 0 Å². The zero-order valence-corrected chi connectivity index (χ0v) is 16.6.